The third kappa shape index (κ3) is 4.95. The molecule has 3 heterocycles. The summed E-state index contributed by atoms with van der Waals surface area (Å²) in [5.74, 6) is 0.147. The van der Waals surface area contributed by atoms with E-state index in [1.165, 1.54) is 13.2 Å². The Hall–Kier alpha value is -1.68. The van der Waals surface area contributed by atoms with Crippen LogP contribution in [0.1, 0.15) is 49.4 Å². The van der Waals surface area contributed by atoms with E-state index in [0.717, 1.165) is 58.3 Å². The maximum Gasteiger partial charge on any atom is 0.253 e. The lowest BCUT2D eigenvalue weighted by Crippen LogP contribution is -2.50. The smallest absolute Gasteiger partial charge is 0.253 e. The first-order valence-corrected chi connectivity index (χ1v) is 13.2. The molecule has 0 N–H and O–H groups in total. The molecule has 0 spiro atoms. The van der Waals surface area contributed by atoms with Crippen LogP contribution in [0.3, 0.4) is 0 Å². The molecule has 1 amide bonds. The van der Waals surface area contributed by atoms with E-state index >= 15 is 0 Å². The fourth-order valence-corrected chi connectivity index (χ4v) is 6.84. The van der Waals surface area contributed by atoms with Crippen molar-refractivity contribution in [1.29, 1.82) is 0 Å². The van der Waals surface area contributed by atoms with E-state index < -0.39 is 10.0 Å². The average molecular weight is 466 g/mol. The van der Waals surface area contributed by atoms with Crippen LogP contribution < -0.4 is 4.74 Å². The second-order valence-corrected chi connectivity index (χ2v) is 10.9. The second-order valence-electron chi connectivity index (χ2n) is 9.05. The molecule has 3 aliphatic rings. The number of ether oxygens (including phenoxy) is 2. The highest BCUT2D eigenvalue weighted by Crippen LogP contribution is 2.32. The summed E-state index contributed by atoms with van der Waals surface area (Å²) < 4.78 is 39.5. The van der Waals surface area contributed by atoms with Crippen molar-refractivity contribution in [2.75, 3.05) is 53.0 Å². The number of piperazine rings is 1. The summed E-state index contributed by atoms with van der Waals surface area (Å²) in [6.07, 6.45) is 5.27. The molecule has 3 fully saturated rings. The molecule has 0 saturated carbocycles. The van der Waals surface area contributed by atoms with Crippen LogP contribution in [0.4, 0.5) is 0 Å². The first-order chi connectivity index (χ1) is 15.4. The lowest BCUT2D eigenvalue weighted by atomic mass is 10.1. The van der Waals surface area contributed by atoms with Crippen molar-refractivity contribution in [2.24, 2.45) is 0 Å². The number of amides is 1. The van der Waals surface area contributed by atoms with Crippen LogP contribution >= 0.6 is 0 Å². The van der Waals surface area contributed by atoms with Gasteiger partial charge in [-0.15, -0.1) is 0 Å². The van der Waals surface area contributed by atoms with Crippen molar-refractivity contribution in [1.82, 2.24) is 14.1 Å². The molecule has 8 nitrogen and oxygen atoms in total. The predicted molar refractivity (Wildman–Crippen MR) is 122 cm³/mol. The Kier molecular flexibility index (Phi) is 7.39. The Morgan fingerprint density at radius 1 is 1.09 bits per heavy atom. The molecule has 0 bridgehead atoms. The molecule has 0 unspecified atom stereocenters. The lowest BCUT2D eigenvalue weighted by Gasteiger charge is -2.36. The topological polar surface area (TPSA) is 79.4 Å². The molecule has 3 saturated heterocycles. The van der Waals surface area contributed by atoms with E-state index in [1.807, 2.05) is 11.8 Å². The Bertz CT molecular complexity index is 908. The molecule has 1 aromatic rings. The van der Waals surface area contributed by atoms with Gasteiger partial charge in [0.25, 0.3) is 5.91 Å². The van der Waals surface area contributed by atoms with Gasteiger partial charge < -0.3 is 14.4 Å². The first kappa shape index (κ1) is 23.5. The molecule has 32 heavy (non-hydrogen) atoms. The van der Waals surface area contributed by atoms with Gasteiger partial charge in [0, 0.05) is 57.5 Å². The van der Waals surface area contributed by atoms with Gasteiger partial charge in [-0.2, -0.15) is 4.31 Å². The highest BCUT2D eigenvalue weighted by molar-refractivity contribution is 7.89. The van der Waals surface area contributed by atoms with Crippen LogP contribution in [0.25, 0.3) is 0 Å². The number of nitrogens with zero attached hydrogens (tertiary/aromatic N) is 3. The number of methoxy groups -OCH3 is 1. The van der Waals surface area contributed by atoms with Crippen molar-refractivity contribution in [3.05, 3.63) is 23.8 Å². The third-order valence-corrected chi connectivity index (χ3v) is 8.92. The van der Waals surface area contributed by atoms with Gasteiger partial charge in [-0.25, -0.2) is 8.42 Å². The molecule has 9 heteroatoms. The minimum atomic E-state index is -3.75. The fraction of sp³-hybridized carbons (Fsp3) is 0.696. The van der Waals surface area contributed by atoms with Crippen molar-refractivity contribution in [3.8, 4) is 5.75 Å². The normalized spacial score (nSPS) is 25.8. The van der Waals surface area contributed by atoms with Gasteiger partial charge in [-0.3, -0.25) is 9.69 Å². The molecular formula is C23H35N3O5S. The van der Waals surface area contributed by atoms with Crippen molar-refractivity contribution < 1.29 is 22.7 Å². The molecule has 0 radical (unpaired) electrons. The minimum Gasteiger partial charge on any atom is -0.495 e. The molecular weight excluding hydrogens is 430 g/mol. The summed E-state index contributed by atoms with van der Waals surface area (Å²) in [7, 11) is -2.29. The third-order valence-electron chi connectivity index (χ3n) is 6.88. The summed E-state index contributed by atoms with van der Waals surface area (Å²) >= 11 is 0. The number of sulfonamides is 1. The molecule has 178 valence electrons. The Balaban J connectivity index is 1.47. The predicted octanol–water partition coefficient (Wildman–Crippen LogP) is 2.20. The standard InChI is InChI=1S/C23H35N3O5S/c1-18-6-3-4-10-26(18)32(28,29)22-16-19(8-9-21(22)30-2)23(27)25-13-11-24(12-14-25)17-20-7-5-15-31-20/h8-9,16,18,20H,3-7,10-15,17H2,1-2H3/t18-,20+/m0/s1. The Labute approximate surface area is 191 Å². The maximum atomic E-state index is 13.4. The quantitative estimate of drug-likeness (QED) is 0.641. The number of rotatable bonds is 6. The number of hydrogen-bond acceptors (Lipinski definition) is 6. The molecule has 0 aromatic heterocycles. The van der Waals surface area contributed by atoms with Crippen LogP contribution in [0.15, 0.2) is 23.1 Å². The number of hydrogen-bond donors (Lipinski definition) is 0. The number of benzene rings is 1. The molecule has 2 atom stereocenters. The number of carbonyl (C=O) groups is 1. The Morgan fingerprint density at radius 2 is 1.88 bits per heavy atom. The second kappa shape index (κ2) is 10.1. The molecule has 0 aliphatic carbocycles. The van der Waals surface area contributed by atoms with Gasteiger partial charge in [-0.05, 0) is 50.8 Å². The fourth-order valence-electron chi connectivity index (χ4n) is 4.96. The zero-order valence-corrected chi connectivity index (χ0v) is 20.0. The van der Waals surface area contributed by atoms with E-state index in [1.54, 1.807) is 16.4 Å². The first-order valence-electron chi connectivity index (χ1n) is 11.7. The summed E-state index contributed by atoms with van der Waals surface area (Å²) in [4.78, 5) is 17.4. The lowest BCUT2D eigenvalue weighted by molar-refractivity contribution is 0.0432. The maximum absolute atomic E-state index is 13.4. The van der Waals surface area contributed by atoms with E-state index in [4.69, 9.17) is 9.47 Å². The van der Waals surface area contributed by atoms with E-state index in [-0.39, 0.29) is 22.6 Å². The van der Waals surface area contributed by atoms with Crippen molar-refractivity contribution in [2.45, 2.75) is 56.1 Å². The van der Waals surface area contributed by atoms with Gasteiger partial charge in [0.1, 0.15) is 10.6 Å². The summed E-state index contributed by atoms with van der Waals surface area (Å²) in [5, 5.41) is 0. The number of piperidine rings is 1. The van der Waals surface area contributed by atoms with Gasteiger partial charge in [0.15, 0.2) is 0 Å². The molecule has 3 aliphatic heterocycles. The van der Waals surface area contributed by atoms with Crippen LogP contribution in [-0.4, -0.2) is 93.6 Å². The zero-order chi connectivity index (χ0) is 22.7. The highest BCUT2D eigenvalue weighted by atomic mass is 32.2. The SMILES string of the molecule is COc1ccc(C(=O)N2CCN(C[C@H]3CCCO3)CC2)cc1S(=O)(=O)N1CCCC[C@@H]1C. The van der Waals surface area contributed by atoms with Crippen LogP contribution in [0, 0.1) is 0 Å². The summed E-state index contributed by atoms with van der Waals surface area (Å²) in [6.45, 7) is 7.07. The van der Waals surface area contributed by atoms with Crippen LogP contribution in [0.2, 0.25) is 0 Å². The van der Waals surface area contributed by atoms with Crippen LogP contribution in [-0.2, 0) is 14.8 Å². The van der Waals surface area contributed by atoms with Crippen LogP contribution in [0.5, 0.6) is 5.75 Å². The van der Waals surface area contributed by atoms with Gasteiger partial charge >= 0.3 is 0 Å². The van der Waals surface area contributed by atoms with Crippen molar-refractivity contribution >= 4 is 15.9 Å². The van der Waals surface area contributed by atoms with E-state index in [9.17, 15) is 13.2 Å². The molecule has 1 aromatic carbocycles. The molecule has 4 rings (SSSR count). The average Bonchev–Trinajstić information content (AvgIpc) is 3.32. The summed E-state index contributed by atoms with van der Waals surface area (Å²) in [6, 6.07) is 4.70. The monoisotopic (exact) mass is 465 g/mol. The number of carbonyl (C=O) groups excluding carboxylic acids is 1. The minimum absolute atomic E-state index is 0.0604. The van der Waals surface area contributed by atoms with Crippen molar-refractivity contribution in [3.63, 3.8) is 0 Å². The van der Waals surface area contributed by atoms with E-state index in [2.05, 4.69) is 4.90 Å². The highest BCUT2D eigenvalue weighted by Gasteiger charge is 2.34. The summed E-state index contributed by atoms with van der Waals surface area (Å²) in [5.41, 5.74) is 0.390. The van der Waals surface area contributed by atoms with Gasteiger partial charge in [0.05, 0.1) is 13.2 Å². The largest absolute Gasteiger partial charge is 0.495 e. The van der Waals surface area contributed by atoms with Gasteiger partial charge in [0.2, 0.25) is 10.0 Å². The van der Waals surface area contributed by atoms with E-state index in [0.29, 0.717) is 31.3 Å². The van der Waals surface area contributed by atoms with Gasteiger partial charge in [-0.1, -0.05) is 6.42 Å². The Morgan fingerprint density at radius 3 is 2.53 bits per heavy atom. The zero-order valence-electron chi connectivity index (χ0n) is 19.2.